The molecule has 1 fully saturated rings. The van der Waals surface area contributed by atoms with Crippen molar-refractivity contribution in [1.29, 1.82) is 0 Å². The lowest BCUT2D eigenvalue weighted by molar-refractivity contribution is 0.0737. The Morgan fingerprint density at radius 2 is 2.25 bits per heavy atom. The number of hydrogen-bond acceptors (Lipinski definition) is 3. The summed E-state index contributed by atoms with van der Waals surface area (Å²) in [6.45, 7) is 0.630. The van der Waals surface area contributed by atoms with Crippen molar-refractivity contribution in [2.24, 2.45) is 0 Å². The Labute approximate surface area is 142 Å². The second-order valence-electron chi connectivity index (χ2n) is 5.80. The second kappa shape index (κ2) is 5.87. The van der Waals surface area contributed by atoms with Crippen LogP contribution in [-0.2, 0) is 0 Å². The van der Waals surface area contributed by atoms with E-state index in [0.717, 1.165) is 18.4 Å². The Kier molecular flexibility index (Phi) is 3.69. The van der Waals surface area contributed by atoms with E-state index < -0.39 is 0 Å². The third-order valence-electron chi connectivity index (χ3n) is 4.39. The summed E-state index contributed by atoms with van der Waals surface area (Å²) in [5.74, 6) is -0.429. The van der Waals surface area contributed by atoms with Gasteiger partial charge >= 0.3 is 0 Å². The van der Waals surface area contributed by atoms with Gasteiger partial charge in [-0.1, -0.05) is 23.7 Å². The molecule has 1 aliphatic heterocycles. The average molecular weight is 345 g/mol. The van der Waals surface area contributed by atoms with E-state index in [2.05, 4.69) is 15.0 Å². The van der Waals surface area contributed by atoms with Crippen molar-refractivity contribution < 1.29 is 9.18 Å². The predicted octanol–water partition coefficient (Wildman–Crippen LogP) is 3.73. The number of amides is 1. The number of carbonyl (C=O) groups is 1. The summed E-state index contributed by atoms with van der Waals surface area (Å²) in [7, 11) is 0. The lowest BCUT2D eigenvalue weighted by atomic mass is 10.0. The highest BCUT2D eigenvalue weighted by molar-refractivity contribution is 6.34. The van der Waals surface area contributed by atoms with Crippen molar-refractivity contribution in [1.82, 2.24) is 19.9 Å². The largest absolute Gasteiger partial charge is 0.357 e. The van der Waals surface area contributed by atoms with E-state index in [1.165, 1.54) is 18.5 Å². The average Bonchev–Trinajstić information content (AvgIpc) is 3.22. The third kappa shape index (κ3) is 2.43. The van der Waals surface area contributed by atoms with Gasteiger partial charge in [0, 0.05) is 12.7 Å². The highest BCUT2D eigenvalue weighted by Crippen LogP contribution is 2.34. The normalized spacial score (nSPS) is 17.6. The summed E-state index contributed by atoms with van der Waals surface area (Å²) in [4.78, 5) is 25.8. The molecule has 3 heterocycles. The van der Waals surface area contributed by atoms with Crippen LogP contribution in [0.25, 0.3) is 11.0 Å². The van der Waals surface area contributed by atoms with Crippen molar-refractivity contribution in [2.45, 2.75) is 18.9 Å². The molecule has 1 N–H and O–H groups in total. The van der Waals surface area contributed by atoms with Gasteiger partial charge < -0.3 is 9.88 Å². The first kappa shape index (κ1) is 15.1. The predicted molar refractivity (Wildman–Crippen MR) is 88.3 cm³/mol. The first-order chi connectivity index (χ1) is 11.6. The van der Waals surface area contributed by atoms with Crippen LogP contribution in [0.3, 0.4) is 0 Å². The van der Waals surface area contributed by atoms with Gasteiger partial charge in [-0.15, -0.1) is 0 Å². The van der Waals surface area contributed by atoms with Gasteiger partial charge in [0.2, 0.25) is 0 Å². The first-order valence-corrected chi connectivity index (χ1v) is 8.07. The maximum atomic E-state index is 13.5. The number of rotatable bonds is 2. The zero-order valence-electron chi connectivity index (χ0n) is 12.7. The molecule has 24 heavy (non-hydrogen) atoms. The molecule has 1 amide bonds. The number of hydrogen-bond donors (Lipinski definition) is 1. The van der Waals surface area contributed by atoms with Crippen molar-refractivity contribution in [2.75, 3.05) is 6.54 Å². The molecule has 5 nitrogen and oxygen atoms in total. The van der Waals surface area contributed by atoms with Crippen LogP contribution < -0.4 is 0 Å². The summed E-state index contributed by atoms with van der Waals surface area (Å²) >= 11 is 6.03. The number of aromatic amines is 1. The van der Waals surface area contributed by atoms with E-state index in [-0.39, 0.29) is 22.9 Å². The van der Waals surface area contributed by atoms with Gasteiger partial charge in [0.05, 0.1) is 11.6 Å². The van der Waals surface area contributed by atoms with E-state index in [9.17, 15) is 9.18 Å². The Morgan fingerprint density at radius 3 is 3.08 bits per heavy atom. The number of nitrogens with one attached hydrogen (secondary N) is 1. The molecule has 1 aliphatic rings. The number of aromatic nitrogens is 3. The minimum absolute atomic E-state index is 0.129. The number of nitrogens with zero attached hydrogens (tertiary/aromatic N) is 3. The Hall–Kier alpha value is -2.47. The molecule has 1 atom stereocenters. The quantitative estimate of drug-likeness (QED) is 0.720. The van der Waals surface area contributed by atoms with Crippen LogP contribution in [0.4, 0.5) is 4.39 Å². The van der Waals surface area contributed by atoms with E-state index in [1.54, 1.807) is 17.2 Å². The maximum absolute atomic E-state index is 13.5. The highest BCUT2D eigenvalue weighted by atomic mass is 35.5. The maximum Gasteiger partial charge on any atom is 0.258 e. The van der Waals surface area contributed by atoms with E-state index in [4.69, 9.17) is 11.6 Å². The van der Waals surface area contributed by atoms with Gasteiger partial charge in [-0.2, -0.15) is 0 Å². The smallest absolute Gasteiger partial charge is 0.258 e. The molecular weight excluding hydrogens is 331 g/mol. The van der Waals surface area contributed by atoms with Crippen LogP contribution >= 0.6 is 11.6 Å². The van der Waals surface area contributed by atoms with Crippen molar-refractivity contribution in [3.8, 4) is 0 Å². The van der Waals surface area contributed by atoms with Crippen LogP contribution in [0.15, 0.2) is 36.8 Å². The molecule has 1 unspecified atom stereocenters. The molecule has 1 aromatic carbocycles. The lowest BCUT2D eigenvalue weighted by Gasteiger charge is -2.25. The van der Waals surface area contributed by atoms with E-state index in [0.29, 0.717) is 23.1 Å². The Morgan fingerprint density at radius 1 is 1.38 bits per heavy atom. The summed E-state index contributed by atoms with van der Waals surface area (Å²) < 4.78 is 13.5. The van der Waals surface area contributed by atoms with Gasteiger partial charge in [0.15, 0.2) is 5.15 Å². The topological polar surface area (TPSA) is 61.9 Å². The van der Waals surface area contributed by atoms with E-state index in [1.807, 2.05) is 6.07 Å². The first-order valence-electron chi connectivity index (χ1n) is 7.69. The Bertz CT molecular complexity index is 926. The summed E-state index contributed by atoms with van der Waals surface area (Å²) in [5, 5.41) is 0.280. The fourth-order valence-corrected chi connectivity index (χ4v) is 3.48. The minimum Gasteiger partial charge on any atom is -0.357 e. The molecule has 2 aromatic heterocycles. The molecule has 3 aromatic rings. The highest BCUT2D eigenvalue weighted by Gasteiger charge is 2.32. The molecule has 7 heteroatoms. The number of benzene rings is 1. The summed E-state index contributed by atoms with van der Waals surface area (Å²) in [6.07, 6.45) is 4.64. The summed E-state index contributed by atoms with van der Waals surface area (Å²) in [6, 6.07) is 6.29. The standard InChI is InChI=1S/C17H14ClFN4O/c18-16-15-14(21-9-22-16)12(8-20-15)17(24)23-6-2-5-13(23)10-3-1-4-11(19)7-10/h1,3-4,7-9,13,20H,2,5-6H2. The van der Waals surface area contributed by atoms with Crippen LogP contribution in [-0.4, -0.2) is 32.3 Å². The van der Waals surface area contributed by atoms with E-state index >= 15 is 0 Å². The van der Waals surface area contributed by atoms with Crippen LogP contribution in [0.2, 0.25) is 5.15 Å². The zero-order valence-corrected chi connectivity index (χ0v) is 13.4. The number of halogens is 2. The number of fused-ring (bicyclic) bond motifs is 1. The van der Waals surface area contributed by atoms with Gasteiger partial charge in [0.1, 0.15) is 23.2 Å². The molecule has 122 valence electrons. The zero-order chi connectivity index (χ0) is 16.7. The fraction of sp³-hybridized carbons (Fsp3) is 0.235. The molecule has 0 bridgehead atoms. The van der Waals surface area contributed by atoms with Gasteiger partial charge in [-0.3, -0.25) is 4.79 Å². The monoisotopic (exact) mass is 344 g/mol. The van der Waals surface area contributed by atoms with Crippen molar-refractivity contribution in [3.63, 3.8) is 0 Å². The molecule has 0 saturated carbocycles. The van der Waals surface area contributed by atoms with Crippen LogP contribution in [0.1, 0.15) is 34.8 Å². The van der Waals surface area contributed by atoms with Gasteiger partial charge in [0.25, 0.3) is 5.91 Å². The molecule has 0 aliphatic carbocycles. The number of carbonyl (C=O) groups excluding carboxylic acids is 1. The van der Waals surface area contributed by atoms with Gasteiger partial charge in [-0.25, -0.2) is 14.4 Å². The number of likely N-dealkylation sites (tertiary alicyclic amines) is 1. The second-order valence-corrected chi connectivity index (χ2v) is 6.16. The van der Waals surface area contributed by atoms with Crippen LogP contribution in [0.5, 0.6) is 0 Å². The van der Waals surface area contributed by atoms with Crippen LogP contribution in [0, 0.1) is 5.82 Å². The Balaban J connectivity index is 1.71. The SMILES string of the molecule is O=C(c1c[nH]c2c(Cl)ncnc12)N1CCCC1c1cccc(F)c1. The molecule has 1 saturated heterocycles. The molecule has 0 radical (unpaired) electrons. The fourth-order valence-electron chi connectivity index (χ4n) is 3.30. The van der Waals surface area contributed by atoms with Crippen molar-refractivity contribution >= 4 is 28.5 Å². The summed E-state index contributed by atoms with van der Waals surface area (Å²) in [5.41, 5.74) is 2.32. The molecule has 4 rings (SSSR count). The number of H-pyrrole nitrogens is 1. The molecular formula is C17H14ClFN4O. The van der Waals surface area contributed by atoms with Crippen molar-refractivity contribution in [3.05, 3.63) is 58.9 Å². The molecule has 0 spiro atoms. The minimum atomic E-state index is -0.293. The lowest BCUT2D eigenvalue weighted by Crippen LogP contribution is -2.30. The van der Waals surface area contributed by atoms with Gasteiger partial charge in [-0.05, 0) is 30.5 Å². The third-order valence-corrected chi connectivity index (χ3v) is 4.68.